The van der Waals surface area contributed by atoms with Gasteiger partial charge in [0.15, 0.2) is 17.3 Å². The first-order valence-electron chi connectivity index (χ1n) is 9.23. The molecular weight excluding hydrogens is 428 g/mol. The summed E-state index contributed by atoms with van der Waals surface area (Å²) in [7, 11) is -0.123. The van der Waals surface area contributed by atoms with Gasteiger partial charge in [-0.25, -0.2) is 12.4 Å². The van der Waals surface area contributed by atoms with Gasteiger partial charge in [0.1, 0.15) is 12.3 Å². The zero-order chi connectivity index (χ0) is 22.1. The molecule has 9 heteroatoms. The van der Waals surface area contributed by atoms with Crippen molar-refractivity contribution < 1.29 is 22.4 Å². The van der Waals surface area contributed by atoms with E-state index in [1.807, 2.05) is 25.9 Å². The van der Waals surface area contributed by atoms with Crippen LogP contribution in [0.4, 0.5) is 0 Å². The first-order chi connectivity index (χ1) is 14.1. The molecule has 0 aliphatic heterocycles. The molecule has 0 N–H and O–H groups in total. The number of aromatic nitrogens is 1. The van der Waals surface area contributed by atoms with Crippen LogP contribution in [0.25, 0.3) is 11.5 Å². The summed E-state index contributed by atoms with van der Waals surface area (Å²) in [6.45, 7) is 4.20. The van der Waals surface area contributed by atoms with Gasteiger partial charge in [-0.3, -0.25) is 4.79 Å². The fourth-order valence-corrected chi connectivity index (χ4v) is 4.47. The van der Waals surface area contributed by atoms with Crippen LogP contribution < -0.4 is 4.74 Å². The molecule has 0 atom stereocenters. The van der Waals surface area contributed by atoms with Gasteiger partial charge in [0, 0.05) is 25.7 Å². The van der Waals surface area contributed by atoms with Crippen LogP contribution in [0.3, 0.4) is 0 Å². The zero-order valence-corrected chi connectivity index (χ0v) is 18.7. The van der Waals surface area contributed by atoms with E-state index in [9.17, 15) is 13.2 Å². The number of hydrogen-bond acceptors (Lipinski definition) is 6. The van der Waals surface area contributed by atoms with E-state index in [0.29, 0.717) is 13.2 Å². The summed E-state index contributed by atoms with van der Waals surface area (Å²) in [5.74, 6) is 0.0543. The number of aryl methyl sites for hydroxylation is 1. The van der Waals surface area contributed by atoms with E-state index < -0.39 is 10.0 Å². The van der Waals surface area contributed by atoms with Gasteiger partial charge in [0.25, 0.3) is 10.0 Å². The van der Waals surface area contributed by atoms with Crippen molar-refractivity contribution in [3.8, 4) is 17.2 Å². The summed E-state index contributed by atoms with van der Waals surface area (Å²) in [5, 5.41) is 0.175. The van der Waals surface area contributed by atoms with Crippen LogP contribution in [0, 0.1) is 6.92 Å². The van der Waals surface area contributed by atoms with E-state index in [-0.39, 0.29) is 38.7 Å². The first kappa shape index (κ1) is 22.1. The number of carbonyl (C=O) groups excluding carboxylic acids is 1. The second kappa shape index (κ2) is 8.67. The number of furan rings is 1. The summed E-state index contributed by atoms with van der Waals surface area (Å²) >= 11 is 6.31. The van der Waals surface area contributed by atoms with Crippen molar-refractivity contribution in [2.75, 3.05) is 27.2 Å². The van der Waals surface area contributed by atoms with Crippen LogP contribution >= 0.6 is 11.6 Å². The number of nitrogens with zero attached hydrogens (tertiary/aromatic N) is 2. The van der Waals surface area contributed by atoms with Crippen LogP contribution in [0.5, 0.6) is 5.75 Å². The standard InChI is InChI=1S/C21H23ClN2O5S/c1-14-5-7-16(8-6-14)30(26,27)24-10-9-17(22)20(24)18-13-19(21(29-18)15(2)25)28-12-11-23(3)4/h5-10,13H,11-12H2,1-4H3. The Bertz CT molecular complexity index is 1160. The van der Waals surface area contributed by atoms with E-state index in [1.54, 1.807) is 12.1 Å². The molecule has 0 amide bonds. The molecule has 30 heavy (non-hydrogen) atoms. The normalized spacial score (nSPS) is 11.8. The second-order valence-electron chi connectivity index (χ2n) is 7.14. The Balaban J connectivity index is 2.06. The highest BCUT2D eigenvalue weighted by Gasteiger charge is 2.27. The Kier molecular flexibility index (Phi) is 6.40. The molecule has 2 aromatic heterocycles. The Hall–Kier alpha value is -2.55. The quantitative estimate of drug-likeness (QED) is 0.481. The summed E-state index contributed by atoms with van der Waals surface area (Å²) < 4.78 is 38.8. The number of benzene rings is 1. The molecule has 0 bridgehead atoms. The summed E-state index contributed by atoms with van der Waals surface area (Å²) in [5.41, 5.74) is 1.07. The Morgan fingerprint density at radius 2 is 1.87 bits per heavy atom. The maximum atomic E-state index is 13.2. The van der Waals surface area contributed by atoms with Crippen LogP contribution in [-0.4, -0.2) is 50.3 Å². The van der Waals surface area contributed by atoms with E-state index in [2.05, 4.69) is 0 Å². The van der Waals surface area contributed by atoms with Crippen molar-refractivity contribution in [3.63, 3.8) is 0 Å². The molecule has 2 heterocycles. The Morgan fingerprint density at radius 1 is 1.20 bits per heavy atom. The number of ether oxygens (including phenoxy) is 1. The van der Waals surface area contributed by atoms with Gasteiger partial charge in [-0.1, -0.05) is 29.3 Å². The number of Topliss-reactive ketones (excluding diaryl/α,β-unsaturated/α-hetero) is 1. The lowest BCUT2D eigenvalue weighted by molar-refractivity contribution is 0.0982. The monoisotopic (exact) mass is 450 g/mol. The van der Waals surface area contributed by atoms with Gasteiger partial charge in [0.2, 0.25) is 5.76 Å². The van der Waals surface area contributed by atoms with Crippen molar-refractivity contribution in [1.29, 1.82) is 0 Å². The SMILES string of the molecule is CC(=O)c1oc(-c2c(Cl)ccn2S(=O)(=O)c2ccc(C)cc2)cc1OCCN(C)C. The molecule has 1 aromatic carbocycles. The Morgan fingerprint density at radius 3 is 2.47 bits per heavy atom. The van der Waals surface area contributed by atoms with Crippen molar-refractivity contribution in [3.05, 3.63) is 58.9 Å². The predicted octanol–water partition coefficient (Wildman–Crippen LogP) is 4.09. The van der Waals surface area contributed by atoms with Crippen molar-refractivity contribution in [2.45, 2.75) is 18.7 Å². The number of carbonyl (C=O) groups is 1. The number of likely N-dealkylation sites (N-methyl/N-ethyl adjacent to an activating group) is 1. The molecule has 0 saturated carbocycles. The molecule has 3 rings (SSSR count). The third-order valence-electron chi connectivity index (χ3n) is 4.43. The van der Waals surface area contributed by atoms with Gasteiger partial charge in [-0.05, 0) is 39.2 Å². The summed E-state index contributed by atoms with van der Waals surface area (Å²) in [4.78, 5) is 14.1. The van der Waals surface area contributed by atoms with Gasteiger partial charge in [-0.15, -0.1) is 0 Å². The third-order valence-corrected chi connectivity index (χ3v) is 6.42. The fourth-order valence-electron chi connectivity index (χ4n) is 2.82. The average Bonchev–Trinajstić information content (AvgIpc) is 3.25. The van der Waals surface area contributed by atoms with Gasteiger partial charge < -0.3 is 14.1 Å². The highest BCUT2D eigenvalue weighted by Crippen LogP contribution is 2.37. The molecule has 0 fully saturated rings. The van der Waals surface area contributed by atoms with Gasteiger partial charge >= 0.3 is 0 Å². The molecule has 0 aliphatic carbocycles. The molecule has 7 nitrogen and oxygen atoms in total. The van der Waals surface area contributed by atoms with Crippen LogP contribution in [0.15, 0.2) is 51.9 Å². The molecular formula is C21H23ClN2O5S. The maximum Gasteiger partial charge on any atom is 0.268 e. The maximum absolute atomic E-state index is 13.2. The smallest absolute Gasteiger partial charge is 0.268 e. The lowest BCUT2D eigenvalue weighted by atomic mass is 10.2. The molecule has 3 aromatic rings. The molecule has 160 valence electrons. The second-order valence-corrected chi connectivity index (χ2v) is 9.36. The van der Waals surface area contributed by atoms with Crippen molar-refractivity contribution in [2.24, 2.45) is 0 Å². The molecule has 0 saturated heterocycles. The number of halogens is 1. The lowest BCUT2D eigenvalue weighted by Gasteiger charge is -2.10. The van der Waals surface area contributed by atoms with Crippen molar-refractivity contribution >= 4 is 27.4 Å². The molecule has 0 spiro atoms. The van der Waals surface area contributed by atoms with Crippen LogP contribution in [0.2, 0.25) is 5.02 Å². The lowest BCUT2D eigenvalue weighted by Crippen LogP contribution is -2.19. The molecule has 0 unspecified atom stereocenters. The number of ketones is 1. The topological polar surface area (TPSA) is 81.8 Å². The highest BCUT2D eigenvalue weighted by molar-refractivity contribution is 7.90. The van der Waals surface area contributed by atoms with Crippen LogP contribution in [-0.2, 0) is 10.0 Å². The zero-order valence-electron chi connectivity index (χ0n) is 17.2. The van der Waals surface area contributed by atoms with Gasteiger partial charge in [-0.2, -0.15) is 0 Å². The average molecular weight is 451 g/mol. The summed E-state index contributed by atoms with van der Waals surface area (Å²) in [6, 6.07) is 9.45. The van der Waals surface area contributed by atoms with E-state index >= 15 is 0 Å². The molecule has 0 radical (unpaired) electrons. The Labute approximate surface area is 180 Å². The van der Waals surface area contributed by atoms with Crippen molar-refractivity contribution in [1.82, 2.24) is 8.87 Å². The molecule has 0 aliphatic rings. The van der Waals surface area contributed by atoms with Crippen LogP contribution in [0.1, 0.15) is 23.0 Å². The minimum atomic E-state index is -3.93. The fraction of sp³-hybridized carbons (Fsp3) is 0.286. The number of hydrogen-bond donors (Lipinski definition) is 0. The van der Waals surface area contributed by atoms with E-state index in [4.69, 9.17) is 20.8 Å². The summed E-state index contributed by atoms with van der Waals surface area (Å²) in [6.07, 6.45) is 1.36. The third kappa shape index (κ3) is 4.45. The highest BCUT2D eigenvalue weighted by atomic mass is 35.5. The number of rotatable bonds is 8. The van der Waals surface area contributed by atoms with Gasteiger partial charge in [0.05, 0.1) is 9.92 Å². The van der Waals surface area contributed by atoms with E-state index in [0.717, 1.165) is 9.54 Å². The largest absolute Gasteiger partial charge is 0.488 e. The minimum absolute atomic E-state index is 0.0142. The first-order valence-corrected chi connectivity index (χ1v) is 11.0. The minimum Gasteiger partial charge on any atom is -0.488 e. The predicted molar refractivity (Wildman–Crippen MR) is 115 cm³/mol. The van der Waals surface area contributed by atoms with E-state index in [1.165, 1.54) is 37.4 Å².